The SMILES string of the molecule is CSCCC(NC(=O)C(N)CO)C(=O)NC(Cc1c[nH]c2ccccc12)C(=O)NCC(=O)O. The van der Waals surface area contributed by atoms with Gasteiger partial charge < -0.3 is 36.9 Å². The fourth-order valence-electron chi connectivity index (χ4n) is 3.15. The second-order valence-electron chi connectivity index (χ2n) is 7.37. The smallest absolute Gasteiger partial charge is 0.322 e. The summed E-state index contributed by atoms with van der Waals surface area (Å²) in [5.41, 5.74) is 7.14. The standard InChI is InChI=1S/C21H29N5O6S/c1-33-7-6-16(25-19(30)14(22)11-27)21(32)26-17(20(31)24-10-18(28)29)8-12-9-23-15-5-3-2-4-13(12)15/h2-5,9,14,16-17,23,27H,6-8,10-11,22H2,1H3,(H,24,31)(H,25,30)(H,26,32)(H,28,29). The molecule has 0 saturated heterocycles. The van der Waals surface area contributed by atoms with Crippen LogP contribution in [0.5, 0.6) is 0 Å². The number of thioether (sulfide) groups is 1. The second kappa shape index (κ2) is 12.8. The van der Waals surface area contributed by atoms with Gasteiger partial charge in [0.2, 0.25) is 17.7 Å². The van der Waals surface area contributed by atoms with Crippen LogP contribution in [-0.4, -0.2) is 82.2 Å². The number of hydrogen-bond acceptors (Lipinski definition) is 7. The number of aliphatic carboxylic acids is 1. The summed E-state index contributed by atoms with van der Waals surface area (Å²) in [5, 5.41) is 26.3. The molecule has 0 saturated carbocycles. The first-order chi connectivity index (χ1) is 15.8. The van der Waals surface area contributed by atoms with E-state index in [1.54, 1.807) is 6.20 Å². The van der Waals surface area contributed by atoms with Gasteiger partial charge in [-0.2, -0.15) is 11.8 Å². The number of benzene rings is 1. The van der Waals surface area contributed by atoms with E-state index in [2.05, 4.69) is 20.9 Å². The highest BCUT2D eigenvalue weighted by Crippen LogP contribution is 2.19. The first-order valence-electron chi connectivity index (χ1n) is 10.3. The number of nitrogens with two attached hydrogens (primary N) is 1. The quantitative estimate of drug-likeness (QED) is 0.190. The van der Waals surface area contributed by atoms with E-state index in [-0.39, 0.29) is 12.8 Å². The summed E-state index contributed by atoms with van der Waals surface area (Å²) in [6.07, 6.45) is 3.94. The highest BCUT2D eigenvalue weighted by atomic mass is 32.2. The predicted octanol–water partition coefficient (Wildman–Crippen LogP) is -1.05. The molecule has 0 radical (unpaired) electrons. The molecule has 3 atom stereocenters. The lowest BCUT2D eigenvalue weighted by molar-refractivity contribution is -0.138. The fourth-order valence-corrected chi connectivity index (χ4v) is 3.63. The third-order valence-electron chi connectivity index (χ3n) is 4.92. The van der Waals surface area contributed by atoms with Gasteiger partial charge in [0.1, 0.15) is 24.7 Å². The van der Waals surface area contributed by atoms with E-state index in [0.717, 1.165) is 16.5 Å². The molecule has 180 valence electrons. The molecule has 3 amide bonds. The van der Waals surface area contributed by atoms with Crippen LogP contribution in [0.1, 0.15) is 12.0 Å². The largest absolute Gasteiger partial charge is 0.480 e. The molecule has 0 aliphatic carbocycles. The van der Waals surface area contributed by atoms with Crippen molar-refractivity contribution in [2.45, 2.75) is 31.0 Å². The molecule has 12 heteroatoms. The van der Waals surface area contributed by atoms with Crippen molar-refractivity contribution < 1.29 is 29.4 Å². The van der Waals surface area contributed by atoms with Gasteiger partial charge in [0.15, 0.2) is 0 Å². The molecular formula is C21H29N5O6S. The summed E-state index contributed by atoms with van der Waals surface area (Å²) >= 11 is 1.47. The summed E-state index contributed by atoms with van der Waals surface area (Å²) in [7, 11) is 0. The number of carboxylic acid groups (broad SMARTS) is 1. The van der Waals surface area contributed by atoms with Gasteiger partial charge in [0, 0.05) is 23.5 Å². The molecule has 33 heavy (non-hydrogen) atoms. The monoisotopic (exact) mass is 479 g/mol. The Balaban J connectivity index is 2.22. The average Bonchev–Trinajstić information content (AvgIpc) is 3.21. The molecule has 0 aliphatic heterocycles. The molecule has 8 N–H and O–H groups in total. The Morgan fingerprint density at radius 2 is 1.79 bits per heavy atom. The van der Waals surface area contributed by atoms with Crippen molar-refractivity contribution in [1.82, 2.24) is 20.9 Å². The number of aromatic nitrogens is 1. The number of fused-ring (bicyclic) bond motifs is 1. The topological polar surface area (TPSA) is 187 Å². The molecule has 0 aliphatic rings. The van der Waals surface area contributed by atoms with Crippen molar-refractivity contribution in [1.29, 1.82) is 0 Å². The molecule has 2 rings (SSSR count). The number of nitrogens with one attached hydrogen (secondary N) is 4. The summed E-state index contributed by atoms with van der Waals surface area (Å²) in [4.78, 5) is 51.8. The van der Waals surface area contributed by atoms with Gasteiger partial charge in [-0.1, -0.05) is 18.2 Å². The van der Waals surface area contributed by atoms with Crippen molar-refractivity contribution in [3.8, 4) is 0 Å². The minimum Gasteiger partial charge on any atom is -0.480 e. The molecule has 1 aromatic heterocycles. The Bertz CT molecular complexity index is 981. The van der Waals surface area contributed by atoms with E-state index in [9.17, 15) is 19.2 Å². The van der Waals surface area contributed by atoms with Crippen molar-refractivity contribution in [2.24, 2.45) is 5.73 Å². The van der Waals surface area contributed by atoms with Crippen LogP contribution < -0.4 is 21.7 Å². The lowest BCUT2D eigenvalue weighted by Crippen LogP contribution is -2.57. The van der Waals surface area contributed by atoms with Crippen LogP contribution >= 0.6 is 11.8 Å². The van der Waals surface area contributed by atoms with Crippen LogP contribution in [0.3, 0.4) is 0 Å². The van der Waals surface area contributed by atoms with Gasteiger partial charge in [0.05, 0.1) is 6.61 Å². The summed E-state index contributed by atoms with van der Waals surface area (Å²) < 4.78 is 0. The van der Waals surface area contributed by atoms with E-state index in [1.807, 2.05) is 30.5 Å². The number of aromatic amines is 1. The minimum absolute atomic E-state index is 0.0978. The molecule has 1 heterocycles. The number of rotatable bonds is 13. The van der Waals surface area contributed by atoms with E-state index < -0.39 is 55.0 Å². The van der Waals surface area contributed by atoms with Crippen molar-refractivity contribution in [2.75, 3.05) is 25.2 Å². The zero-order chi connectivity index (χ0) is 24.4. The molecule has 1 aromatic carbocycles. The fraction of sp³-hybridized carbons (Fsp3) is 0.429. The van der Waals surface area contributed by atoms with Crippen LogP contribution in [0.25, 0.3) is 10.9 Å². The molecule has 0 fully saturated rings. The van der Waals surface area contributed by atoms with Crippen molar-refractivity contribution in [3.63, 3.8) is 0 Å². The molecule has 3 unspecified atom stereocenters. The molecule has 11 nitrogen and oxygen atoms in total. The van der Waals surface area contributed by atoms with Crippen LogP contribution in [0, 0.1) is 0 Å². The van der Waals surface area contributed by atoms with Crippen molar-refractivity contribution in [3.05, 3.63) is 36.0 Å². The molecular weight excluding hydrogens is 450 g/mol. The van der Waals surface area contributed by atoms with E-state index in [4.69, 9.17) is 15.9 Å². The Kier molecular flexibility index (Phi) is 10.2. The van der Waals surface area contributed by atoms with E-state index in [1.165, 1.54) is 11.8 Å². The Hall–Kier alpha value is -3.09. The lowest BCUT2D eigenvalue weighted by Gasteiger charge is -2.23. The van der Waals surface area contributed by atoms with Crippen LogP contribution in [0.2, 0.25) is 0 Å². The summed E-state index contributed by atoms with van der Waals surface area (Å²) in [6.45, 7) is -1.18. The number of amides is 3. The number of aliphatic hydroxyl groups is 1. The minimum atomic E-state index is -1.22. The normalized spacial score (nSPS) is 13.7. The van der Waals surface area contributed by atoms with Gasteiger partial charge >= 0.3 is 5.97 Å². The zero-order valence-corrected chi connectivity index (χ0v) is 19.0. The van der Waals surface area contributed by atoms with Gasteiger partial charge in [-0.25, -0.2) is 0 Å². The van der Waals surface area contributed by atoms with Gasteiger partial charge in [-0.15, -0.1) is 0 Å². The highest BCUT2D eigenvalue weighted by Gasteiger charge is 2.28. The Morgan fingerprint density at radius 3 is 2.45 bits per heavy atom. The first kappa shape index (κ1) is 26.2. The molecule has 0 spiro atoms. The van der Waals surface area contributed by atoms with Gasteiger partial charge in [0.25, 0.3) is 0 Å². The maximum absolute atomic E-state index is 13.0. The maximum atomic E-state index is 13.0. The number of H-pyrrole nitrogens is 1. The maximum Gasteiger partial charge on any atom is 0.322 e. The average molecular weight is 480 g/mol. The second-order valence-corrected chi connectivity index (χ2v) is 8.35. The predicted molar refractivity (Wildman–Crippen MR) is 125 cm³/mol. The van der Waals surface area contributed by atoms with E-state index >= 15 is 0 Å². The lowest BCUT2D eigenvalue weighted by atomic mass is 10.0. The number of carboxylic acids is 1. The number of carbonyl (C=O) groups is 4. The number of carbonyl (C=O) groups excluding carboxylic acids is 3. The molecule has 0 bridgehead atoms. The number of aliphatic hydroxyl groups excluding tert-OH is 1. The van der Waals surface area contributed by atoms with Crippen LogP contribution in [0.15, 0.2) is 30.5 Å². The first-order valence-corrected chi connectivity index (χ1v) is 11.7. The summed E-state index contributed by atoms with van der Waals surface area (Å²) in [5.74, 6) is -2.65. The summed E-state index contributed by atoms with van der Waals surface area (Å²) in [6, 6.07) is 4.18. The Labute approximate surface area is 194 Å². The third-order valence-corrected chi connectivity index (χ3v) is 5.57. The third kappa shape index (κ3) is 7.77. The van der Waals surface area contributed by atoms with E-state index in [0.29, 0.717) is 5.75 Å². The van der Waals surface area contributed by atoms with Crippen LogP contribution in [-0.2, 0) is 25.6 Å². The Morgan fingerprint density at radius 1 is 1.09 bits per heavy atom. The van der Waals surface area contributed by atoms with Crippen LogP contribution in [0.4, 0.5) is 0 Å². The highest BCUT2D eigenvalue weighted by molar-refractivity contribution is 7.98. The molecule has 2 aromatic rings. The number of hydrogen-bond donors (Lipinski definition) is 7. The zero-order valence-electron chi connectivity index (χ0n) is 18.2. The van der Waals surface area contributed by atoms with Gasteiger partial charge in [-0.05, 0) is 30.1 Å². The van der Waals surface area contributed by atoms with Gasteiger partial charge in [-0.3, -0.25) is 19.2 Å². The number of para-hydroxylation sites is 1. The van der Waals surface area contributed by atoms with Crippen molar-refractivity contribution >= 4 is 46.4 Å².